The van der Waals surface area contributed by atoms with Crippen LogP contribution in [0, 0.1) is 0 Å². The van der Waals surface area contributed by atoms with Crippen LogP contribution in [-0.2, 0) is 16.8 Å². The van der Waals surface area contributed by atoms with E-state index in [0.717, 1.165) is 6.07 Å². The first-order valence-corrected chi connectivity index (χ1v) is 8.79. The third-order valence-electron chi connectivity index (χ3n) is 3.90. The number of aliphatic hydroxyl groups is 1. The molecule has 1 heterocycles. The summed E-state index contributed by atoms with van der Waals surface area (Å²) in [6.45, 7) is 0. The van der Waals surface area contributed by atoms with Crippen molar-refractivity contribution in [3.05, 3.63) is 41.5 Å². The lowest BCUT2D eigenvalue weighted by Crippen LogP contribution is -2.30. The lowest BCUT2D eigenvalue weighted by atomic mass is 9.94. The summed E-state index contributed by atoms with van der Waals surface area (Å²) in [4.78, 5) is 0. The van der Waals surface area contributed by atoms with Gasteiger partial charge in [0.15, 0.2) is 11.5 Å². The Morgan fingerprint density at radius 3 is 2.54 bits per heavy atom. The van der Waals surface area contributed by atoms with Gasteiger partial charge in [-0.25, -0.2) is 0 Å². The van der Waals surface area contributed by atoms with Crippen LogP contribution >= 0.6 is 0 Å². The molecule has 3 rings (SSSR count). The second kappa shape index (κ2) is 6.56. The summed E-state index contributed by atoms with van der Waals surface area (Å²) in [7, 11) is -3.49. The van der Waals surface area contributed by atoms with Crippen LogP contribution in [0.2, 0.25) is 0 Å². The summed E-state index contributed by atoms with van der Waals surface area (Å²) in [6, 6.07) is 6.60. The molecule has 0 aromatic heterocycles. The van der Waals surface area contributed by atoms with Gasteiger partial charge in [-0.15, -0.1) is 0 Å². The maximum atomic E-state index is 11.0. The zero-order valence-corrected chi connectivity index (χ0v) is 14.3. The second-order valence-corrected chi connectivity index (χ2v) is 6.69. The minimum atomic E-state index is -4.78. The van der Waals surface area contributed by atoms with E-state index in [2.05, 4.69) is 4.18 Å². The molecule has 0 radical (unpaired) electrons. The van der Waals surface area contributed by atoms with Gasteiger partial charge in [-0.05, 0) is 17.7 Å². The van der Waals surface area contributed by atoms with Crippen molar-refractivity contribution in [1.29, 1.82) is 0 Å². The van der Waals surface area contributed by atoms with Gasteiger partial charge in [0.25, 0.3) is 0 Å². The number of ether oxygens (including phenoxy) is 2. The number of hydrogen-bond acceptors (Lipinski definition) is 8. The summed E-state index contributed by atoms with van der Waals surface area (Å²) < 4.78 is 46.0. The molecule has 0 saturated heterocycles. The van der Waals surface area contributed by atoms with Crippen molar-refractivity contribution in [3.63, 3.8) is 0 Å². The first-order valence-electron chi connectivity index (χ1n) is 7.42. The molecule has 2 unspecified atom stereocenters. The van der Waals surface area contributed by atoms with Crippen molar-refractivity contribution in [2.45, 2.75) is 18.6 Å². The van der Waals surface area contributed by atoms with Crippen molar-refractivity contribution in [2.75, 3.05) is 7.11 Å². The molecular formula is C16H16O9S. The van der Waals surface area contributed by atoms with Crippen LogP contribution in [-0.4, -0.2) is 41.5 Å². The average Bonchev–Trinajstić information content (AvgIpc) is 2.53. The molecule has 10 heteroatoms. The van der Waals surface area contributed by atoms with Crippen molar-refractivity contribution in [3.8, 4) is 28.7 Å². The molecule has 26 heavy (non-hydrogen) atoms. The monoisotopic (exact) mass is 384 g/mol. The van der Waals surface area contributed by atoms with Crippen LogP contribution in [0.3, 0.4) is 0 Å². The van der Waals surface area contributed by atoms with E-state index in [1.807, 2.05) is 0 Å². The molecule has 0 saturated carbocycles. The first kappa shape index (κ1) is 18.1. The standard InChI is InChI=1S/C16H16O9S/c1-23-13-3-2-8(4-15(13)25-26(20,21)22)16-12(19)7-10-11(18)5-9(17)6-14(10)24-16/h2-6,12,16-19H,7H2,1H3,(H,20,21,22). The molecule has 2 aromatic rings. The van der Waals surface area contributed by atoms with Gasteiger partial charge in [-0.3, -0.25) is 4.55 Å². The molecule has 2 atom stereocenters. The Morgan fingerprint density at radius 2 is 1.88 bits per heavy atom. The number of phenols is 2. The molecule has 0 spiro atoms. The van der Waals surface area contributed by atoms with Crippen LogP contribution in [0.4, 0.5) is 0 Å². The number of fused-ring (bicyclic) bond motifs is 1. The zero-order chi connectivity index (χ0) is 19.1. The molecule has 0 aliphatic carbocycles. The zero-order valence-electron chi connectivity index (χ0n) is 13.5. The molecule has 1 aliphatic rings. The van der Waals surface area contributed by atoms with Crippen molar-refractivity contribution < 1.29 is 41.9 Å². The topological polar surface area (TPSA) is 143 Å². The molecule has 9 nitrogen and oxygen atoms in total. The highest BCUT2D eigenvalue weighted by Crippen LogP contribution is 2.43. The summed E-state index contributed by atoms with van der Waals surface area (Å²) in [5.41, 5.74) is 0.680. The molecule has 0 fully saturated rings. The van der Waals surface area contributed by atoms with E-state index >= 15 is 0 Å². The lowest BCUT2D eigenvalue weighted by molar-refractivity contribution is 0.0197. The summed E-state index contributed by atoms with van der Waals surface area (Å²) in [5.74, 6) is -0.463. The predicted molar refractivity (Wildman–Crippen MR) is 88.0 cm³/mol. The summed E-state index contributed by atoms with van der Waals surface area (Å²) >= 11 is 0. The Hall–Kier alpha value is -2.69. The van der Waals surface area contributed by atoms with E-state index in [-0.39, 0.29) is 35.2 Å². The molecule has 140 valence electrons. The number of rotatable bonds is 4. The molecule has 1 aliphatic heterocycles. The Morgan fingerprint density at radius 1 is 1.15 bits per heavy atom. The molecular weight excluding hydrogens is 368 g/mol. The van der Waals surface area contributed by atoms with Crippen LogP contribution in [0.1, 0.15) is 17.2 Å². The van der Waals surface area contributed by atoms with Gasteiger partial charge in [-0.1, -0.05) is 6.07 Å². The van der Waals surface area contributed by atoms with Gasteiger partial charge >= 0.3 is 10.4 Å². The minimum Gasteiger partial charge on any atom is -0.508 e. The summed E-state index contributed by atoms with van der Waals surface area (Å²) in [5, 5.41) is 29.8. The molecule has 4 N–H and O–H groups in total. The number of phenolic OH excluding ortho intramolecular Hbond substituents is 2. The van der Waals surface area contributed by atoms with Gasteiger partial charge in [-0.2, -0.15) is 8.42 Å². The Kier molecular flexibility index (Phi) is 4.57. The second-order valence-electron chi connectivity index (χ2n) is 5.67. The van der Waals surface area contributed by atoms with Crippen LogP contribution in [0.25, 0.3) is 0 Å². The molecule has 0 bridgehead atoms. The van der Waals surface area contributed by atoms with Gasteiger partial charge in [0, 0.05) is 24.1 Å². The highest BCUT2D eigenvalue weighted by molar-refractivity contribution is 7.81. The third-order valence-corrected chi connectivity index (χ3v) is 4.29. The van der Waals surface area contributed by atoms with Crippen LogP contribution < -0.4 is 13.7 Å². The van der Waals surface area contributed by atoms with E-state index in [1.165, 1.54) is 31.4 Å². The SMILES string of the molecule is COc1ccc(C2Oc3cc(O)cc(O)c3CC2O)cc1OS(=O)(=O)O. The van der Waals surface area contributed by atoms with Gasteiger partial charge < -0.3 is 29.0 Å². The van der Waals surface area contributed by atoms with Crippen LogP contribution in [0.15, 0.2) is 30.3 Å². The van der Waals surface area contributed by atoms with E-state index in [4.69, 9.17) is 14.0 Å². The van der Waals surface area contributed by atoms with Gasteiger partial charge in [0.05, 0.1) is 13.2 Å². The van der Waals surface area contributed by atoms with Crippen molar-refractivity contribution in [1.82, 2.24) is 0 Å². The van der Waals surface area contributed by atoms with E-state index in [0.29, 0.717) is 11.1 Å². The number of hydrogen-bond donors (Lipinski definition) is 4. The Labute approximate surface area is 149 Å². The van der Waals surface area contributed by atoms with Crippen molar-refractivity contribution in [2.24, 2.45) is 0 Å². The fourth-order valence-electron chi connectivity index (χ4n) is 2.80. The predicted octanol–water partition coefficient (Wildman–Crippen LogP) is 1.33. The highest BCUT2D eigenvalue weighted by atomic mass is 32.3. The Balaban J connectivity index is 1.99. The fraction of sp³-hybridized carbons (Fsp3) is 0.250. The maximum absolute atomic E-state index is 11.0. The van der Waals surface area contributed by atoms with Crippen molar-refractivity contribution >= 4 is 10.4 Å². The Bertz CT molecular complexity index is 939. The first-order chi connectivity index (χ1) is 12.2. The normalized spacial score (nSPS) is 19.3. The largest absolute Gasteiger partial charge is 0.508 e. The number of methoxy groups -OCH3 is 1. The van der Waals surface area contributed by atoms with Gasteiger partial charge in [0.1, 0.15) is 23.4 Å². The smallest absolute Gasteiger partial charge is 0.446 e. The minimum absolute atomic E-state index is 0.0482. The molecule has 0 amide bonds. The third kappa shape index (κ3) is 3.62. The number of aliphatic hydroxyl groups excluding tert-OH is 1. The quantitative estimate of drug-likeness (QED) is 0.574. The van der Waals surface area contributed by atoms with E-state index in [1.54, 1.807) is 0 Å². The number of aromatic hydroxyl groups is 2. The van der Waals surface area contributed by atoms with E-state index < -0.39 is 22.6 Å². The number of benzene rings is 2. The lowest BCUT2D eigenvalue weighted by Gasteiger charge is -2.31. The van der Waals surface area contributed by atoms with Gasteiger partial charge in [0.2, 0.25) is 0 Å². The van der Waals surface area contributed by atoms with Crippen LogP contribution in [0.5, 0.6) is 28.7 Å². The maximum Gasteiger partial charge on any atom is 0.446 e. The molecule has 2 aromatic carbocycles. The highest BCUT2D eigenvalue weighted by Gasteiger charge is 2.32. The average molecular weight is 384 g/mol. The van der Waals surface area contributed by atoms with E-state index in [9.17, 15) is 23.7 Å². The summed E-state index contributed by atoms with van der Waals surface area (Å²) in [6.07, 6.45) is -1.95. The fourth-order valence-corrected chi connectivity index (χ4v) is 3.15.